The molecule has 0 saturated carbocycles. The number of hydrazone groups is 1. The molecular formula is C18H17N3O2. The smallest absolute Gasteiger partial charge is 0.277 e. The molecule has 2 aromatic carbocycles. The second-order valence-electron chi connectivity index (χ2n) is 5.08. The van der Waals surface area contributed by atoms with Crippen LogP contribution >= 0.6 is 0 Å². The fourth-order valence-corrected chi connectivity index (χ4v) is 1.96. The number of benzene rings is 2. The molecule has 0 heterocycles. The monoisotopic (exact) mass is 307 g/mol. The van der Waals surface area contributed by atoms with Crippen LogP contribution in [0.5, 0.6) is 5.75 Å². The average Bonchev–Trinajstić information content (AvgIpc) is 2.54. The van der Waals surface area contributed by atoms with E-state index in [2.05, 4.69) is 10.5 Å². The standard InChI is InChI=1S/C18H17N3O2/c1-13-3-8-17(14(2)9-13)23-12-18(22)21-20-11-16-6-4-15(10-19)5-7-16/h3-9,11H,12H2,1-2H3,(H,21,22)/b20-11+. The molecule has 5 heteroatoms. The van der Waals surface area contributed by atoms with Gasteiger partial charge in [0, 0.05) is 0 Å². The van der Waals surface area contributed by atoms with Crippen LogP contribution in [-0.2, 0) is 4.79 Å². The van der Waals surface area contributed by atoms with E-state index in [1.165, 1.54) is 6.21 Å². The van der Waals surface area contributed by atoms with Gasteiger partial charge in [0.1, 0.15) is 5.75 Å². The predicted octanol–water partition coefficient (Wildman–Crippen LogP) is 2.70. The molecule has 23 heavy (non-hydrogen) atoms. The molecule has 0 aliphatic heterocycles. The van der Waals surface area contributed by atoms with Gasteiger partial charge < -0.3 is 4.74 Å². The summed E-state index contributed by atoms with van der Waals surface area (Å²) in [5, 5.41) is 12.6. The highest BCUT2D eigenvalue weighted by atomic mass is 16.5. The number of hydrogen-bond acceptors (Lipinski definition) is 4. The molecule has 2 rings (SSSR count). The van der Waals surface area contributed by atoms with Crippen molar-refractivity contribution in [2.45, 2.75) is 13.8 Å². The molecule has 0 aliphatic carbocycles. The summed E-state index contributed by atoms with van der Waals surface area (Å²) in [6, 6.07) is 14.7. The van der Waals surface area contributed by atoms with E-state index in [4.69, 9.17) is 10.00 Å². The number of nitriles is 1. The summed E-state index contributed by atoms with van der Waals surface area (Å²) < 4.78 is 5.46. The van der Waals surface area contributed by atoms with Gasteiger partial charge >= 0.3 is 0 Å². The summed E-state index contributed by atoms with van der Waals surface area (Å²) in [7, 11) is 0. The van der Waals surface area contributed by atoms with Gasteiger partial charge in [-0.1, -0.05) is 29.8 Å². The third kappa shape index (κ3) is 4.97. The van der Waals surface area contributed by atoms with Gasteiger partial charge in [-0.2, -0.15) is 10.4 Å². The van der Waals surface area contributed by atoms with Gasteiger partial charge in [-0.05, 0) is 43.2 Å². The Balaban J connectivity index is 1.82. The number of nitrogens with one attached hydrogen (secondary N) is 1. The number of nitrogens with zero attached hydrogens (tertiary/aromatic N) is 2. The van der Waals surface area contributed by atoms with E-state index in [1.54, 1.807) is 24.3 Å². The number of ether oxygens (including phenoxy) is 1. The molecule has 5 nitrogen and oxygen atoms in total. The highest BCUT2D eigenvalue weighted by Gasteiger charge is 2.04. The lowest BCUT2D eigenvalue weighted by atomic mass is 10.1. The molecule has 0 atom stereocenters. The topological polar surface area (TPSA) is 74.5 Å². The summed E-state index contributed by atoms with van der Waals surface area (Å²) in [5.74, 6) is 0.344. The molecule has 1 amide bonds. The maximum absolute atomic E-state index is 11.7. The van der Waals surface area contributed by atoms with Crippen LogP contribution in [-0.4, -0.2) is 18.7 Å². The van der Waals surface area contributed by atoms with Gasteiger partial charge in [0.25, 0.3) is 5.91 Å². The normalized spacial score (nSPS) is 10.3. The van der Waals surface area contributed by atoms with Crippen molar-refractivity contribution in [2.75, 3.05) is 6.61 Å². The van der Waals surface area contributed by atoms with Crippen molar-refractivity contribution in [3.63, 3.8) is 0 Å². The number of carbonyl (C=O) groups excluding carboxylic acids is 1. The first-order chi connectivity index (χ1) is 11.1. The van der Waals surface area contributed by atoms with Crippen molar-refractivity contribution in [2.24, 2.45) is 5.10 Å². The number of amides is 1. The largest absolute Gasteiger partial charge is 0.483 e. The predicted molar refractivity (Wildman–Crippen MR) is 88.3 cm³/mol. The molecule has 0 fully saturated rings. The SMILES string of the molecule is Cc1ccc(OCC(=O)N/N=C/c2ccc(C#N)cc2)c(C)c1. The lowest BCUT2D eigenvalue weighted by molar-refractivity contribution is -0.123. The van der Waals surface area contributed by atoms with E-state index in [-0.39, 0.29) is 12.5 Å². The number of hydrogen-bond donors (Lipinski definition) is 1. The summed E-state index contributed by atoms with van der Waals surface area (Å²) >= 11 is 0. The number of aryl methyl sites for hydroxylation is 2. The van der Waals surface area contributed by atoms with E-state index in [1.807, 2.05) is 38.1 Å². The first-order valence-electron chi connectivity index (χ1n) is 7.10. The van der Waals surface area contributed by atoms with Crippen LogP contribution in [0.15, 0.2) is 47.6 Å². The molecular weight excluding hydrogens is 290 g/mol. The van der Waals surface area contributed by atoms with E-state index in [0.717, 1.165) is 16.7 Å². The molecule has 0 saturated heterocycles. The highest BCUT2D eigenvalue weighted by molar-refractivity contribution is 5.83. The van der Waals surface area contributed by atoms with Crippen molar-refractivity contribution < 1.29 is 9.53 Å². The van der Waals surface area contributed by atoms with Crippen LogP contribution in [0.25, 0.3) is 0 Å². The van der Waals surface area contributed by atoms with Gasteiger partial charge in [-0.15, -0.1) is 0 Å². The summed E-state index contributed by atoms with van der Waals surface area (Å²) in [5.41, 5.74) is 5.90. The molecule has 0 spiro atoms. The van der Waals surface area contributed by atoms with Gasteiger partial charge in [-0.3, -0.25) is 4.79 Å². The van der Waals surface area contributed by atoms with E-state index in [9.17, 15) is 4.79 Å². The van der Waals surface area contributed by atoms with Crippen molar-refractivity contribution in [1.82, 2.24) is 5.43 Å². The Hall–Kier alpha value is -3.13. The second-order valence-corrected chi connectivity index (χ2v) is 5.08. The lowest BCUT2D eigenvalue weighted by Crippen LogP contribution is -2.24. The first kappa shape index (κ1) is 16.2. The highest BCUT2D eigenvalue weighted by Crippen LogP contribution is 2.18. The Labute approximate surface area is 135 Å². The van der Waals surface area contributed by atoms with Gasteiger partial charge in [-0.25, -0.2) is 5.43 Å². The van der Waals surface area contributed by atoms with Crippen molar-refractivity contribution in [3.8, 4) is 11.8 Å². The van der Waals surface area contributed by atoms with Gasteiger partial charge in [0.05, 0.1) is 17.8 Å². The van der Waals surface area contributed by atoms with Crippen LogP contribution in [0, 0.1) is 25.2 Å². The molecule has 116 valence electrons. The van der Waals surface area contributed by atoms with E-state index >= 15 is 0 Å². The summed E-state index contributed by atoms with van der Waals surface area (Å²) in [6.45, 7) is 3.83. The molecule has 0 radical (unpaired) electrons. The third-order valence-corrected chi connectivity index (χ3v) is 3.13. The van der Waals surface area contributed by atoms with Crippen LogP contribution in [0.3, 0.4) is 0 Å². The molecule has 2 aromatic rings. The lowest BCUT2D eigenvalue weighted by Gasteiger charge is -2.08. The van der Waals surface area contributed by atoms with Crippen LogP contribution in [0.1, 0.15) is 22.3 Å². The molecule has 0 bridgehead atoms. The molecule has 0 aliphatic rings. The zero-order valence-corrected chi connectivity index (χ0v) is 13.0. The molecule has 0 aromatic heterocycles. The summed E-state index contributed by atoms with van der Waals surface area (Å²) in [6.07, 6.45) is 1.51. The van der Waals surface area contributed by atoms with Gasteiger partial charge in [0.2, 0.25) is 0 Å². The number of rotatable bonds is 5. The minimum atomic E-state index is -0.338. The average molecular weight is 307 g/mol. The Kier molecular flexibility index (Phi) is 5.48. The minimum Gasteiger partial charge on any atom is -0.483 e. The second kappa shape index (κ2) is 7.76. The maximum Gasteiger partial charge on any atom is 0.277 e. The first-order valence-corrected chi connectivity index (χ1v) is 7.10. The molecule has 0 unspecified atom stereocenters. The zero-order chi connectivity index (χ0) is 16.7. The minimum absolute atomic E-state index is 0.103. The van der Waals surface area contributed by atoms with Crippen molar-refractivity contribution in [3.05, 3.63) is 64.7 Å². The fourth-order valence-electron chi connectivity index (χ4n) is 1.96. The Bertz CT molecular complexity index is 759. The quantitative estimate of drug-likeness (QED) is 0.681. The fraction of sp³-hybridized carbons (Fsp3) is 0.167. The summed E-state index contributed by atoms with van der Waals surface area (Å²) in [4.78, 5) is 11.7. The van der Waals surface area contributed by atoms with Crippen LogP contribution < -0.4 is 10.2 Å². The van der Waals surface area contributed by atoms with E-state index < -0.39 is 0 Å². The Morgan fingerprint density at radius 1 is 1.26 bits per heavy atom. The maximum atomic E-state index is 11.7. The number of carbonyl (C=O) groups is 1. The van der Waals surface area contributed by atoms with E-state index in [0.29, 0.717) is 11.3 Å². The van der Waals surface area contributed by atoms with Crippen LogP contribution in [0.4, 0.5) is 0 Å². The van der Waals surface area contributed by atoms with Crippen molar-refractivity contribution in [1.29, 1.82) is 5.26 Å². The molecule has 1 N–H and O–H groups in total. The van der Waals surface area contributed by atoms with Crippen LogP contribution in [0.2, 0.25) is 0 Å². The van der Waals surface area contributed by atoms with Gasteiger partial charge in [0.15, 0.2) is 6.61 Å². The van der Waals surface area contributed by atoms with Crippen molar-refractivity contribution >= 4 is 12.1 Å². The zero-order valence-electron chi connectivity index (χ0n) is 13.0. The Morgan fingerprint density at radius 2 is 2.00 bits per heavy atom. The Morgan fingerprint density at radius 3 is 2.65 bits per heavy atom. The third-order valence-electron chi connectivity index (χ3n) is 3.13.